The van der Waals surface area contributed by atoms with E-state index in [0.717, 1.165) is 28.0 Å². The average molecular weight is 250 g/mol. The number of nitrogens with two attached hydrogens (primary N) is 1. The van der Waals surface area contributed by atoms with E-state index in [9.17, 15) is 0 Å². The van der Waals surface area contributed by atoms with Gasteiger partial charge in [0.05, 0.1) is 5.52 Å². The maximum absolute atomic E-state index is 5.83. The van der Waals surface area contributed by atoms with E-state index in [1.54, 1.807) is 6.20 Å². The summed E-state index contributed by atoms with van der Waals surface area (Å²) in [5.41, 5.74) is 7.60. The maximum Gasteiger partial charge on any atom is 0.129 e. The van der Waals surface area contributed by atoms with Gasteiger partial charge in [-0.15, -0.1) is 0 Å². The molecule has 0 saturated heterocycles. The molecule has 2 N–H and O–H groups in total. The third kappa shape index (κ3) is 2.56. The molecule has 0 aliphatic carbocycles. The van der Waals surface area contributed by atoms with Crippen molar-refractivity contribution in [2.75, 3.05) is 0 Å². The van der Waals surface area contributed by atoms with Crippen molar-refractivity contribution in [2.45, 2.75) is 6.54 Å². The predicted octanol–water partition coefficient (Wildman–Crippen LogP) is 3.49. The molecule has 0 amide bonds. The highest BCUT2D eigenvalue weighted by atomic mass is 16.5. The van der Waals surface area contributed by atoms with Crippen LogP contribution in [0.15, 0.2) is 60.8 Å². The summed E-state index contributed by atoms with van der Waals surface area (Å²) in [7, 11) is 0. The number of hydrogen-bond acceptors (Lipinski definition) is 3. The van der Waals surface area contributed by atoms with Crippen molar-refractivity contribution >= 4 is 10.9 Å². The average Bonchev–Trinajstić information content (AvgIpc) is 2.47. The molecule has 3 heteroatoms. The summed E-state index contributed by atoms with van der Waals surface area (Å²) in [5, 5.41) is 1.10. The van der Waals surface area contributed by atoms with Crippen molar-refractivity contribution in [1.29, 1.82) is 0 Å². The molecule has 1 aromatic heterocycles. The van der Waals surface area contributed by atoms with Gasteiger partial charge >= 0.3 is 0 Å². The van der Waals surface area contributed by atoms with Gasteiger partial charge in [0.15, 0.2) is 0 Å². The molecule has 19 heavy (non-hydrogen) atoms. The summed E-state index contributed by atoms with van der Waals surface area (Å²) < 4.78 is 5.83. The normalized spacial score (nSPS) is 10.6. The zero-order valence-electron chi connectivity index (χ0n) is 10.4. The van der Waals surface area contributed by atoms with Gasteiger partial charge in [-0.1, -0.05) is 18.2 Å². The molecule has 0 aliphatic rings. The van der Waals surface area contributed by atoms with Gasteiger partial charge in [0.2, 0.25) is 0 Å². The number of pyridine rings is 1. The number of aromatic nitrogens is 1. The topological polar surface area (TPSA) is 48.1 Å². The van der Waals surface area contributed by atoms with Crippen LogP contribution in [0.25, 0.3) is 10.9 Å². The number of rotatable bonds is 3. The fourth-order valence-electron chi connectivity index (χ4n) is 1.98. The zero-order chi connectivity index (χ0) is 13.1. The highest BCUT2D eigenvalue weighted by Gasteiger charge is 2.00. The number of fused-ring (bicyclic) bond motifs is 1. The van der Waals surface area contributed by atoms with Crippen LogP contribution >= 0.6 is 0 Å². The van der Waals surface area contributed by atoms with E-state index >= 15 is 0 Å². The Hall–Kier alpha value is -2.39. The monoisotopic (exact) mass is 250 g/mol. The molecule has 0 bridgehead atoms. The summed E-state index contributed by atoms with van der Waals surface area (Å²) in [6.45, 7) is 0.510. The quantitative estimate of drug-likeness (QED) is 0.774. The molecule has 3 aromatic rings. The van der Waals surface area contributed by atoms with E-state index in [4.69, 9.17) is 10.5 Å². The standard InChI is InChI=1S/C16H14N2O/c17-11-12-3-1-5-14(9-12)19-15-7-6-13-4-2-8-18-16(13)10-15/h1-10H,11,17H2. The predicted molar refractivity (Wildman–Crippen MR) is 76.2 cm³/mol. The van der Waals surface area contributed by atoms with Gasteiger partial charge in [0.1, 0.15) is 11.5 Å². The molecule has 3 rings (SSSR count). The van der Waals surface area contributed by atoms with Crippen molar-refractivity contribution in [3.8, 4) is 11.5 Å². The van der Waals surface area contributed by atoms with E-state index in [1.807, 2.05) is 54.6 Å². The second-order valence-electron chi connectivity index (χ2n) is 4.31. The number of benzene rings is 2. The lowest BCUT2D eigenvalue weighted by atomic mass is 10.2. The third-order valence-corrected chi connectivity index (χ3v) is 2.95. The lowest BCUT2D eigenvalue weighted by Crippen LogP contribution is -1.96. The Labute approximate surface area is 111 Å². The number of hydrogen-bond donors (Lipinski definition) is 1. The summed E-state index contributed by atoms with van der Waals surface area (Å²) in [6, 6.07) is 17.6. The van der Waals surface area contributed by atoms with Crippen LogP contribution in [0.2, 0.25) is 0 Å². The Balaban J connectivity index is 1.92. The molecule has 0 atom stereocenters. The van der Waals surface area contributed by atoms with Gasteiger partial charge in [-0.05, 0) is 35.9 Å². The Kier molecular flexibility index (Phi) is 3.12. The molecule has 94 valence electrons. The van der Waals surface area contributed by atoms with Crippen LogP contribution in [0, 0.1) is 0 Å². The van der Waals surface area contributed by atoms with Crippen molar-refractivity contribution < 1.29 is 4.74 Å². The first kappa shape index (κ1) is 11.7. The molecule has 1 heterocycles. The molecule has 3 nitrogen and oxygen atoms in total. The SMILES string of the molecule is NCc1cccc(Oc2ccc3cccnc3c2)c1. The Bertz CT molecular complexity index is 710. The third-order valence-electron chi connectivity index (χ3n) is 2.95. The van der Waals surface area contributed by atoms with E-state index in [-0.39, 0.29) is 0 Å². The van der Waals surface area contributed by atoms with E-state index < -0.39 is 0 Å². The minimum Gasteiger partial charge on any atom is -0.457 e. The summed E-state index contributed by atoms with van der Waals surface area (Å²) >= 11 is 0. The summed E-state index contributed by atoms with van der Waals surface area (Å²) in [6.07, 6.45) is 1.78. The van der Waals surface area contributed by atoms with Crippen LogP contribution in [-0.4, -0.2) is 4.98 Å². The number of nitrogens with zero attached hydrogens (tertiary/aromatic N) is 1. The van der Waals surface area contributed by atoms with E-state index in [2.05, 4.69) is 4.98 Å². The second kappa shape index (κ2) is 5.08. The minimum absolute atomic E-state index is 0.510. The highest BCUT2D eigenvalue weighted by molar-refractivity contribution is 5.79. The van der Waals surface area contributed by atoms with E-state index in [0.29, 0.717) is 6.54 Å². The second-order valence-corrected chi connectivity index (χ2v) is 4.31. The van der Waals surface area contributed by atoms with Crippen LogP contribution in [0.5, 0.6) is 11.5 Å². The van der Waals surface area contributed by atoms with E-state index in [1.165, 1.54) is 0 Å². The summed E-state index contributed by atoms with van der Waals surface area (Å²) in [5.74, 6) is 1.57. The molecule has 0 spiro atoms. The Morgan fingerprint density at radius 3 is 2.74 bits per heavy atom. The largest absolute Gasteiger partial charge is 0.457 e. The first-order valence-corrected chi connectivity index (χ1v) is 6.17. The van der Waals surface area contributed by atoms with Crippen molar-refractivity contribution in [3.63, 3.8) is 0 Å². The number of ether oxygens (including phenoxy) is 1. The van der Waals surface area contributed by atoms with Crippen LogP contribution in [0.1, 0.15) is 5.56 Å². The van der Waals surface area contributed by atoms with Gasteiger partial charge in [0, 0.05) is 24.2 Å². The molecule has 0 fully saturated rings. The zero-order valence-corrected chi connectivity index (χ0v) is 10.4. The molecule has 0 radical (unpaired) electrons. The smallest absolute Gasteiger partial charge is 0.129 e. The van der Waals surface area contributed by atoms with Crippen molar-refractivity contribution in [1.82, 2.24) is 4.98 Å². The van der Waals surface area contributed by atoms with Gasteiger partial charge in [-0.3, -0.25) is 4.98 Å². The molecule has 0 aliphatic heterocycles. The maximum atomic E-state index is 5.83. The fraction of sp³-hybridized carbons (Fsp3) is 0.0625. The van der Waals surface area contributed by atoms with Crippen LogP contribution in [0.3, 0.4) is 0 Å². The van der Waals surface area contributed by atoms with Crippen LogP contribution in [-0.2, 0) is 6.54 Å². The van der Waals surface area contributed by atoms with Gasteiger partial charge in [0.25, 0.3) is 0 Å². The Morgan fingerprint density at radius 1 is 0.947 bits per heavy atom. The fourth-order valence-corrected chi connectivity index (χ4v) is 1.98. The lowest BCUT2D eigenvalue weighted by molar-refractivity contribution is 0.482. The minimum atomic E-state index is 0.510. The van der Waals surface area contributed by atoms with Gasteiger partial charge in [-0.2, -0.15) is 0 Å². The lowest BCUT2D eigenvalue weighted by Gasteiger charge is -2.07. The first-order chi connectivity index (χ1) is 9.35. The Morgan fingerprint density at radius 2 is 1.84 bits per heavy atom. The molecule has 0 unspecified atom stereocenters. The molecular weight excluding hydrogens is 236 g/mol. The molecular formula is C16H14N2O. The van der Waals surface area contributed by atoms with Gasteiger partial charge < -0.3 is 10.5 Å². The molecule has 0 saturated carbocycles. The van der Waals surface area contributed by atoms with Crippen molar-refractivity contribution in [3.05, 3.63) is 66.4 Å². The van der Waals surface area contributed by atoms with Crippen LogP contribution < -0.4 is 10.5 Å². The van der Waals surface area contributed by atoms with Crippen molar-refractivity contribution in [2.24, 2.45) is 5.73 Å². The highest BCUT2D eigenvalue weighted by Crippen LogP contribution is 2.25. The summed E-state index contributed by atoms with van der Waals surface area (Å²) in [4.78, 5) is 4.32. The molecule has 2 aromatic carbocycles. The van der Waals surface area contributed by atoms with Gasteiger partial charge in [-0.25, -0.2) is 0 Å². The van der Waals surface area contributed by atoms with Crippen LogP contribution in [0.4, 0.5) is 0 Å². The first-order valence-electron chi connectivity index (χ1n) is 6.17.